The van der Waals surface area contributed by atoms with Gasteiger partial charge in [0.15, 0.2) is 0 Å². The van der Waals surface area contributed by atoms with Gasteiger partial charge in [-0.1, -0.05) is 42.6 Å². The van der Waals surface area contributed by atoms with Gasteiger partial charge in [0.05, 0.1) is 16.3 Å². The normalized spacial score (nSPS) is 11.0. The van der Waals surface area contributed by atoms with Crippen LogP contribution in [0.25, 0.3) is 12.2 Å². The SMILES string of the molecule is O=S(=O)(O)c1cc(N=C=S)ccc1/C=C/c1ccc(NC=S)cc1. The van der Waals surface area contributed by atoms with E-state index in [-0.39, 0.29) is 4.90 Å². The molecule has 0 heterocycles. The van der Waals surface area contributed by atoms with Gasteiger partial charge in [-0.05, 0) is 47.6 Å². The lowest BCUT2D eigenvalue weighted by Crippen LogP contribution is -2.00. The summed E-state index contributed by atoms with van der Waals surface area (Å²) in [6.45, 7) is 0. The highest BCUT2D eigenvalue weighted by Crippen LogP contribution is 2.24. The second-order valence-electron chi connectivity index (χ2n) is 4.62. The first kappa shape index (κ1) is 18.1. The summed E-state index contributed by atoms with van der Waals surface area (Å²) in [5, 5.41) is 5.04. The second kappa shape index (κ2) is 8.05. The van der Waals surface area contributed by atoms with Gasteiger partial charge in [-0.2, -0.15) is 13.4 Å². The van der Waals surface area contributed by atoms with Crippen LogP contribution >= 0.6 is 24.4 Å². The number of nitrogens with one attached hydrogen (secondary N) is 1. The van der Waals surface area contributed by atoms with Gasteiger partial charge in [0.2, 0.25) is 0 Å². The van der Waals surface area contributed by atoms with Crippen LogP contribution in [0, 0.1) is 0 Å². The molecule has 2 rings (SSSR count). The van der Waals surface area contributed by atoms with E-state index in [9.17, 15) is 13.0 Å². The van der Waals surface area contributed by atoms with Crippen molar-refractivity contribution < 1.29 is 13.0 Å². The van der Waals surface area contributed by atoms with Crippen molar-refractivity contribution in [2.24, 2.45) is 4.99 Å². The van der Waals surface area contributed by atoms with Crippen molar-refractivity contribution in [2.45, 2.75) is 4.90 Å². The van der Waals surface area contributed by atoms with Crippen molar-refractivity contribution in [3.05, 3.63) is 53.6 Å². The maximum Gasteiger partial charge on any atom is 0.295 e. The minimum atomic E-state index is -4.39. The molecule has 0 unspecified atom stereocenters. The van der Waals surface area contributed by atoms with Crippen LogP contribution in [0.2, 0.25) is 0 Å². The summed E-state index contributed by atoms with van der Waals surface area (Å²) in [6.07, 6.45) is 3.32. The first-order valence-electron chi connectivity index (χ1n) is 6.62. The summed E-state index contributed by atoms with van der Waals surface area (Å²) >= 11 is 9.20. The molecule has 2 N–H and O–H groups in total. The molecular weight excluding hydrogens is 364 g/mol. The lowest BCUT2D eigenvalue weighted by molar-refractivity contribution is 0.483. The predicted molar refractivity (Wildman–Crippen MR) is 104 cm³/mol. The number of rotatable bonds is 6. The summed E-state index contributed by atoms with van der Waals surface area (Å²) < 4.78 is 32.5. The highest BCUT2D eigenvalue weighted by molar-refractivity contribution is 7.86. The molecule has 0 amide bonds. The van der Waals surface area contributed by atoms with E-state index >= 15 is 0 Å². The molecule has 0 aromatic heterocycles. The minimum absolute atomic E-state index is 0.246. The molecule has 5 nitrogen and oxygen atoms in total. The summed E-state index contributed by atoms with van der Waals surface area (Å²) in [6, 6.07) is 11.7. The van der Waals surface area contributed by atoms with Gasteiger partial charge >= 0.3 is 0 Å². The molecule has 8 heteroatoms. The van der Waals surface area contributed by atoms with Crippen LogP contribution in [0.5, 0.6) is 0 Å². The van der Waals surface area contributed by atoms with Crippen LogP contribution in [0.3, 0.4) is 0 Å². The third kappa shape index (κ3) is 4.89. The van der Waals surface area contributed by atoms with Crippen LogP contribution < -0.4 is 5.32 Å². The van der Waals surface area contributed by atoms with Crippen LogP contribution in [0.4, 0.5) is 11.4 Å². The van der Waals surface area contributed by atoms with Gasteiger partial charge in [-0.15, -0.1) is 0 Å². The van der Waals surface area contributed by atoms with Crippen molar-refractivity contribution >= 4 is 68.7 Å². The zero-order valence-corrected chi connectivity index (χ0v) is 14.7. The molecule has 24 heavy (non-hydrogen) atoms. The van der Waals surface area contributed by atoms with Crippen LogP contribution in [-0.2, 0) is 10.1 Å². The smallest absolute Gasteiger partial charge is 0.295 e. The maximum absolute atomic E-state index is 11.6. The molecule has 0 bridgehead atoms. The Kier molecular flexibility index (Phi) is 6.08. The lowest BCUT2D eigenvalue weighted by Gasteiger charge is -2.04. The molecule has 0 fully saturated rings. The third-order valence-corrected chi connectivity index (χ3v) is 4.16. The molecule has 0 radical (unpaired) electrons. The Hall–Kier alpha value is -2.22. The van der Waals surface area contributed by atoms with E-state index in [0.29, 0.717) is 11.3 Å². The summed E-state index contributed by atoms with van der Waals surface area (Å²) in [5.74, 6) is 0. The molecule has 0 aliphatic carbocycles. The number of thiocarbonyl (C=S) groups is 2. The Labute approximate surface area is 150 Å². The molecule has 0 aliphatic heterocycles. The Morgan fingerprint density at radius 2 is 1.83 bits per heavy atom. The largest absolute Gasteiger partial charge is 0.353 e. The fourth-order valence-corrected chi connectivity index (χ4v) is 2.90. The van der Waals surface area contributed by atoms with Crippen molar-refractivity contribution in [2.75, 3.05) is 5.32 Å². The van der Waals surface area contributed by atoms with E-state index in [2.05, 4.69) is 27.7 Å². The average Bonchev–Trinajstić information content (AvgIpc) is 2.54. The molecule has 2 aromatic carbocycles. The summed E-state index contributed by atoms with van der Waals surface area (Å²) in [4.78, 5) is 3.47. The average molecular weight is 376 g/mol. The molecule has 0 atom stereocenters. The quantitative estimate of drug-likeness (QED) is 0.340. The van der Waals surface area contributed by atoms with Gasteiger partial charge < -0.3 is 5.32 Å². The van der Waals surface area contributed by atoms with E-state index in [1.807, 2.05) is 24.3 Å². The van der Waals surface area contributed by atoms with Crippen molar-refractivity contribution in [3.8, 4) is 0 Å². The number of aliphatic imine (C=N–C) groups is 1. The van der Waals surface area contributed by atoms with E-state index in [1.165, 1.54) is 17.6 Å². The first-order valence-corrected chi connectivity index (χ1v) is 8.94. The Morgan fingerprint density at radius 1 is 1.12 bits per heavy atom. The van der Waals surface area contributed by atoms with E-state index in [0.717, 1.165) is 11.3 Å². The van der Waals surface area contributed by atoms with E-state index < -0.39 is 10.1 Å². The van der Waals surface area contributed by atoms with Gasteiger partial charge in [-0.3, -0.25) is 4.55 Å². The van der Waals surface area contributed by atoms with E-state index in [4.69, 9.17) is 12.2 Å². The predicted octanol–water partition coefficient (Wildman–Crippen LogP) is 4.21. The number of hydrogen-bond donors (Lipinski definition) is 2. The number of isothiocyanates is 1. The lowest BCUT2D eigenvalue weighted by atomic mass is 10.1. The maximum atomic E-state index is 11.6. The fourth-order valence-electron chi connectivity index (χ4n) is 1.95. The monoisotopic (exact) mass is 376 g/mol. The molecule has 2 aromatic rings. The molecule has 0 saturated heterocycles. The summed E-state index contributed by atoms with van der Waals surface area (Å²) in [7, 11) is -4.39. The number of anilines is 1. The van der Waals surface area contributed by atoms with Crippen LogP contribution in [-0.4, -0.2) is 23.6 Å². The Morgan fingerprint density at radius 3 is 2.42 bits per heavy atom. The number of nitrogens with zero attached hydrogens (tertiary/aromatic N) is 1. The molecular formula is C16H12N2O3S3. The highest BCUT2D eigenvalue weighted by Gasteiger charge is 2.14. The Balaban J connectivity index is 2.37. The zero-order chi connectivity index (χ0) is 17.6. The summed E-state index contributed by atoms with van der Waals surface area (Å²) in [5.41, 5.74) is 3.75. The number of hydrogen-bond acceptors (Lipinski definition) is 5. The standard InChI is InChI=1S/C16H12N2O3S3/c19-24(20,21)16-9-15(18-11-23)8-5-13(16)4-1-12-2-6-14(7-3-12)17-10-22/h1-10H,(H,17,22)(H,19,20,21)/b4-1+. The molecule has 0 saturated carbocycles. The van der Waals surface area contributed by atoms with Crippen LogP contribution in [0.1, 0.15) is 11.1 Å². The second-order valence-corrected chi connectivity index (χ2v) is 6.43. The topological polar surface area (TPSA) is 78.8 Å². The van der Waals surface area contributed by atoms with Gasteiger partial charge in [-0.25, -0.2) is 0 Å². The van der Waals surface area contributed by atoms with Crippen molar-refractivity contribution in [1.29, 1.82) is 0 Å². The van der Waals surface area contributed by atoms with Crippen molar-refractivity contribution in [1.82, 2.24) is 0 Å². The van der Waals surface area contributed by atoms with Gasteiger partial charge in [0.25, 0.3) is 10.1 Å². The molecule has 0 spiro atoms. The minimum Gasteiger partial charge on any atom is -0.353 e. The molecule has 122 valence electrons. The van der Waals surface area contributed by atoms with Crippen LogP contribution in [0.15, 0.2) is 52.4 Å². The molecule has 0 aliphatic rings. The fraction of sp³-hybridized carbons (Fsp3) is 0. The Bertz CT molecular complexity index is 930. The highest BCUT2D eigenvalue weighted by atomic mass is 32.2. The first-order chi connectivity index (χ1) is 11.4. The zero-order valence-electron chi connectivity index (χ0n) is 12.2. The van der Waals surface area contributed by atoms with Crippen molar-refractivity contribution in [3.63, 3.8) is 0 Å². The third-order valence-electron chi connectivity index (χ3n) is 3.04. The van der Waals surface area contributed by atoms with Gasteiger partial charge in [0.1, 0.15) is 4.90 Å². The van der Waals surface area contributed by atoms with E-state index in [1.54, 1.807) is 18.2 Å². The number of benzene rings is 2. The van der Waals surface area contributed by atoms with Gasteiger partial charge in [0, 0.05) is 5.69 Å².